The highest BCUT2D eigenvalue weighted by Crippen LogP contribution is 2.40. The molecule has 0 saturated carbocycles. The Morgan fingerprint density at radius 3 is 2.36 bits per heavy atom. The number of nitrogens with one attached hydrogen (secondary N) is 2. The molecule has 2 N–H and O–H groups in total. The van der Waals surface area contributed by atoms with E-state index in [1.165, 1.54) is 0 Å². The van der Waals surface area contributed by atoms with Gasteiger partial charge in [-0.15, -0.1) is 0 Å². The van der Waals surface area contributed by atoms with Crippen molar-refractivity contribution in [2.24, 2.45) is 0 Å². The van der Waals surface area contributed by atoms with Gasteiger partial charge in [0.15, 0.2) is 5.69 Å². The zero-order chi connectivity index (χ0) is 24.2. The summed E-state index contributed by atoms with van der Waals surface area (Å²) in [6, 6.07) is 12.5. The van der Waals surface area contributed by atoms with Crippen LogP contribution in [-0.2, 0) is 4.57 Å². The van der Waals surface area contributed by atoms with Gasteiger partial charge in [0, 0.05) is 5.69 Å². The summed E-state index contributed by atoms with van der Waals surface area (Å²) in [4.78, 5) is 12.5. The number of nitrogens with zero attached hydrogens (tertiary/aromatic N) is 4. The summed E-state index contributed by atoms with van der Waals surface area (Å²) >= 11 is 3.51. The second kappa shape index (κ2) is 10.0. The average Bonchev–Trinajstić information content (AvgIpc) is 2.76. The first kappa shape index (κ1) is 24.3. The summed E-state index contributed by atoms with van der Waals surface area (Å²) in [5.74, 6) is 1.53. The molecule has 0 fully saturated rings. The van der Waals surface area contributed by atoms with E-state index in [1.54, 1.807) is 49.7 Å². The summed E-state index contributed by atoms with van der Waals surface area (Å²) in [7, 11) is -2.36. The Bertz CT molecular complexity index is 1300. The Morgan fingerprint density at radius 1 is 1.18 bits per heavy atom. The summed E-state index contributed by atoms with van der Waals surface area (Å²) < 4.78 is 18.9. The van der Waals surface area contributed by atoms with Gasteiger partial charge >= 0.3 is 0 Å². The molecule has 3 aromatic rings. The van der Waals surface area contributed by atoms with Crippen LogP contribution in [0.1, 0.15) is 16.7 Å². The van der Waals surface area contributed by atoms with Crippen LogP contribution >= 0.6 is 23.1 Å². The van der Waals surface area contributed by atoms with Crippen LogP contribution in [0.4, 0.5) is 23.1 Å². The van der Waals surface area contributed by atoms with Crippen LogP contribution in [-0.4, -0.2) is 29.6 Å². The zero-order valence-electron chi connectivity index (χ0n) is 18.6. The van der Waals surface area contributed by atoms with E-state index in [0.29, 0.717) is 33.0 Å². The molecule has 0 atom stereocenters. The van der Waals surface area contributed by atoms with Gasteiger partial charge in [-0.1, -0.05) is 0 Å². The minimum Gasteiger partial charge on any atom is -0.437 e. The van der Waals surface area contributed by atoms with Crippen LogP contribution in [0.3, 0.4) is 0 Å². The summed E-state index contributed by atoms with van der Waals surface area (Å²) in [5.41, 5.74) is 3.37. The molecule has 2 aromatic carbocycles. The lowest BCUT2D eigenvalue weighted by atomic mass is 10.1. The molecule has 8 nitrogen and oxygen atoms in total. The number of anilines is 3. The normalized spacial score (nSPS) is 10.8. The maximum atomic E-state index is 12.2. The molecule has 1 heterocycles. The van der Waals surface area contributed by atoms with Crippen molar-refractivity contribution in [3.05, 3.63) is 69.0 Å². The van der Waals surface area contributed by atoms with Crippen molar-refractivity contribution in [1.29, 1.82) is 5.26 Å². The Hall–Kier alpha value is -3.39. The first-order valence-corrected chi connectivity index (χ1v) is 13.5. The highest BCUT2D eigenvalue weighted by Gasteiger charge is 2.18. The van der Waals surface area contributed by atoms with Gasteiger partial charge in [0.1, 0.15) is 16.0 Å². The van der Waals surface area contributed by atoms with Crippen molar-refractivity contribution in [1.82, 2.24) is 9.97 Å². The Labute approximate surface area is 201 Å². The smallest absolute Gasteiger partial charge is 0.240 e. The number of aryl methyl sites for hydroxylation is 2. The van der Waals surface area contributed by atoms with Gasteiger partial charge in [-0.2, -0.15) is 15.2 Å². The fourth-order valence-electron chi connectivity index (χ4n) is 2.94. The maximum Gasteiger partial charge on any atom is 0.240 e. The molecule has 0 spiro atoms. The molecule has 10 heteroatoms. The van der Waals surface area contributed by atoms with E-state index in [1.807, 2.05) is 13.8 Å². The van der Waals surface area contributed by atoms with Gasteiger partial charge in [-0.05, 0) is 90.6 Å². The number of benzene rings is 2. The molecule has 0 aliphatic heterocycles. The minimum absolute atomic E-state index is 0.246. The third kappa shape index (κ3) is 6.32. The van der Waals surface area contributed by atoms with Crippen molar-refractivity contribution in [3.63, 3.8) is 0 Å². The molecule has 1 aromatic heterocycles. The minimum atomic E-state index is -2.36. The molecule has 168 valence electrons. The van der Waals surface area contributed by atoms with Crippen molar-refractivity contribution < 1.29 is 9.30 Å². The van der Waals surface area contributed by atoms with Crippen LogP contribution in [0.15, 0.2) is 40.9 Å². The highest BCUT2D eigenvalue weighted by molar-refractivity contribution is 9.10. The lowest BCUT2D eigenvalue weighted by Gasteiger charge is -2.17. The first-order valence-electron chi connectivity index (χ1n) is 9.89. The zero-order valence-corrected chi connectivity index (χ0v) is 21.1. The van der Waals surface area contributed by atoms with E-state index in [9.17, 15) is 4.57 Å². The molecule has 0 aliphatic carbocycles. The number of nitriles is 1. The number of rotatable bonds is 7. The number of hydrogen-bond donors (Lipinski definition) is 2. The Balaban J connectivity index is 2.02. The molecule has 0 radical (unpaired) electrons. The third-order valence-corrected chi connectivity index (χ3v) is 6.13. The predicted molar refractivity (Wildman–Crippen MR) is 134 cm³/mol. The van der Waals surface area contributed by atoms with E-state index in [-0.39, 0.29) is 18.1 Å². The molecule has 0 saturated heterocycles. The fourth-order valence-corrected chi connectivity index (χ4v) is 3.87. The highest BCUT2D eigenvalue weighted by atomic mass is 79.9. The molecule has 0 unspecified atom stereocenters. The largest absolute Gasteiger partial charge is 0.437 e. The number of hydrogen-bond acceptors (Lipinski definition) is 7. The second-order valence-electron chi connectivity index (χ2n) is 7.86. The molecule has 3 rings (SSSR count). The average molecular weight is 525 g/mol. The number of halogens is 1. The first-order chi connectivity index (χ1) is 15.6. The van der Waals surface area contributed by atoms with Gasteiger partial charge in [-0.3, -0.25) is 0 Å². The van der Waals surface area contributed by atoms with Gasteiger partial charge in [0.25, 0.3) is 0 Å². The molecular weight excluding hydrogens is 503 g/mol. The standard InChI is InChI=1S/C23H22BrN6O2P/c1-14-10-18(26-3)11-15(2)20(14)32-22-19(24)21(27-13-33(4,5)31)29-23(30-22)28-17-8-6-16(12-25)7-9-17/h6-11H,13H2,1-2,4-5H3,(H2,27,28,29,30). The van der Waals surface area contributed by atoms with Crippen LogP contribution in [0, 0.1) is 31.8 Å². The molecule has 33 heavy (non-hydrogen) atoms. The second-order valence-corrected chi connectivity index (χ2v) is 12.1. The summed E-state index contributed by atoms with van der Waals surface area (Å²) in [5, 5.41) is 15.2. The lowest BCUT2D eigenvalue weighted by Crippen LogP contribution is -2.08. The van der Waals surface area contributed by atoms with E-state index in [4.69, 9.17) is 16.6 Å². The predicted octanol–water partition coefficient (Wildman–Crippen LogP) is 6.81. The van der Waals surface area contributed by atoms with Crippen LogP contribution < -0.4 is 15.4 Å². The maximum absolute atomic E-state index is 12.2. The molecule has 0 aliphatic rings. The van der Waals surface area contributed by atoms with E-state index in [2.05, 4.69) is 47.4 Å². The van der Waals surface area contributed by atoms with Crippen LogP contribution in [0.5, 0.6) is 11.6 Å². The van der Waals surface area contributed by atoms with Crippen molar-refractivity contribution in [2.75, 3.05) is 30.2 Å². The van der Waals surface area contributed by atoms with Gasteiger partial charge in [0.2, 0.25) is 11.8 Å². The van der Waals surface area contributed by atoms with Crippen LogP contribution in [0.2, 0.25) is 0 Å². The molecular formula is C23H22BrN6O2P. The van der Waals surface area contributed by atoms with Crippen molar-refractivity contribution in [2.45, 2.75) is 13.8 Å². The Kier molecular flexibility index (Phi) is 7.38. The van der Waals surface area contributed by atoms with Crippen molar-refractivity contribution in [3.8, 4) is 17.7 Å². The third-order valence-electron chi connectivity index (χ3n) is 4.49. The lowest BCUT2D eigenvalue weighted by molar-refractivity contribution is 0.453. The quantitative estimate of drug-likeness (QED) is 0.258. The van der Waals surface area contributed by atoms with E-state index >= 15 is 0 Å². The SMILES string of the molecule is [C-]#[N+]c1cc(C)c(Oc2nc(Nc3ccc(C#N)cc3)nc(NCP(C)(C)=O)c2Br)c(C)c1. The van der Waals surface area contributed by atoms with E-state index < -0.39 is 7.14 Å². The molecule has 0 bridgehead atoms. The summed E-state index contributed by atoms with van der Waals surface area (Å²) in [6.07, 6.45) is 0.246. The molecule has 0 amide bonds. The van der Waals surface area contributed by atoms with Gasteiger partial charge in [0.05, 0.1) is 31.6 Å². The fraction of sp³-hybridized carbons (Fsp3) is 0.217. The topological polar surface area (TPSA) is 104 Å². The monoisotopic (exact) mass is 524 g/mol. The van der Waals surface area contributed by atoms with Gasteiger partial charge in [-0.25, -0.2) is 4.85 Å². The Morgan fingerprint density at radius 2 is 1.82 bits per heavy atom. The van der Waals surface area contributed by atoms with Gasteiger partial charge < -0.3 is 19.9 Å². The van der Waals surface area contributed by atoms with Crippen molar-refractivity contribution >= 4 is 46.2 Å². The number of ether oxygens (including phenoxy) is 1. The summed E-state index contributed by atoms with van der Waals surface area (Å²) in [6.45, 7) is 14.4. The van der Waals surface area contributed by atoms with E-state index in [0.717, 1.165) is 11.1 Å². The van der Waals surface area contributed by atoms with Crippen LogP contribution in [0.25, 0.3) is 4.85 Å². The number of aromatic nitrogens is 2.